The minimum absolute atomic E-state index is 0.0171. The van der Waals surface area contributed by atoms with Gasteiger partial charge in [0.1, 0.15) is 6.61 Å². The summed E-state index contributed by atoms with van der Waals surface area (Å²) in [6.45, 7) is 6.40. The van der Waals surface area contributed by atoms with Crippen molar-refractivity contribution in [1.82, 2.24) is 0 Å². The molecule has 0 atom stereocenters. The fourth-order valence-corrected chi connectivity index (χ4v) is 0.280. The van der Waals surface area contributed by atoms with E-state index in [-0.39, 0.29) is 6.61 Å². The molecule has 0 aromatic rings. The molecule has 0 radical (unpaired) electrons. The van der Waals surface area contributed by atoms with Gasteiger partial charge in [-0.25, -0.2) is 9.59 Å². The van der Waals surface area contributed by atoms with Crippen LogP contribution in [0, 0.1) is 0 Å². The predicted octanol–water partition coefficient (Wildman–Crippen LogP) is 1.04. The van der Waals surface area contributed by atoms with Crippen molar-refractivity contribution in [1.29, 1.82) is 0 Å². The number of carbonyl (C=O) groups is 2. The highest BCUT2D eigenvalue weighted by molar-refractivity contribution is 5.89. The van der Waals surface area contributed by atoms with Crippen LogP contribution >= 0.6 is 0 Å². The summed E-state index contributed by atoms with van der Waals surface area (Å²) in [5.41, 5.74) is 0. The first-order chi connectivity index (χ1) is 5.20. The van der Waals surface area contributed by atoms with Crippen molar-refractivity contribution in [2.45, 2.75) is 0 Å². The van der Waals surface area contributed by atoms with E-state index in [1.54, 1.807) is 0 Å². The van der Waals surface area contributed by atoms with Gasteiger partial charge in [0, 0.05) is 6.08 Å². The molecule has 0 spiro atoms. The lowest BCUT2D eigenvalue weighted by Gasteiger charge is -1.98. The molecule has 0 N–H and O–H groups in total. The van der Waals surface area contributed by atoms with E-state index in [9.17, 15) is 9.59 Å². The molecule has 0 amide bonds. The Labute approximate surface area is 64.1 Å². The summed E-state index contributed by atoms with van der Waals surface area (Å²) < 4.78 is 8.35. The van der Waals surface area contributed by atoms with Crippen LogP contribution in [-0.2, 0) is 14.3 Å². The van der Waals surface area contributed by atoms with Gasteiger partial charge in [0.15, 0.2) is 0 Å². The largest absolute Gasteiger partial charge is 0.516 e. The van der Waals surface area contributed by atoms with Crippen molar-refractivity contribution >= 4 is 12.1 Å². The van der Waals surface area contributed by atoms with E-state index >= 15 is 0 Å². The van der Waals surface area contributed by atoms with Gasteiger partial charge in [-0.05, 0) is 0 Å². The van der Waals surface area contributed by atoms with Crippen LogP contribution in [0.4, 0.5) is 4.79 Å². The van der Waals surface area contributed by atoms with Crippen LogP contribution in [0.15, 0.2) is 25.3 Å². The Bertz CT molecular complexity index is 183. The Morgan fingerprint density at radius 1 is 1.36 bits per heavy atom. The highest BCUT2D eigenvalue weighted by atomic mass is 16.7. The maximum Gasteiger partial charge on any atom is 0.516 e. The Kier molecular flexibility index (Phi) is 4.47. The fraction of sp³-hybridized carbons (Fsp3) is 0.143. The summed E-state index contributed by atoms with van der Waals surface area (Å²) in [5.74, 6) is -0.834. The van der Waals surface area contributed by atoms with Crippen LogP contribution < -0.4 is 0 Å². The van der Waals surface area contributed by atoms with Gasteiger partial charge in [0.05, 0.1) is 0 Å². The average Bonchev–Trinajstić information content (AvgIpc) is 2.00. The van der Waals surface area contributed by atoms with Crippen molar-refractivity contribution in [3.8, 4) is 0 Å². The Balaban J connectivity index is 3.60. The van der Waals surface area contributed by atoms with Crippen molar-refractivity contribution in [3.05, 3.63) is 25.3 Å². The number of esters is 1. The molecule has 0 aromatic carbocycles. The first-order valence-electron chi connectivity index (χ1n) is 2.82. The summed E-state index contributed by atoms with van der Waals surface area (Å²) in [4.78, 5) is 20.7. The number of ether oxygens (including phenoxy) is 2. The molecule has 0 fully saturated rings. The number of carbonyl (C=O) groups excluding carboxylic acids is 2. The van der Waals surface area contributed by atoms with Crippen molar-refractivity contribution in [2.24, 2.45) is 0 Å². The Morgan fingerprint density at radius 3 is 2.45 bits per heavy atom. The van der Waals surface area contributed by atoms with Gasteiger partial charge in [-0.3, -0.25) is 0 Å². The van der Waals surface area contributed by atoms with E-state index in [1.165, 1.54) is 6.08 Å². The molecule has 0 saturated carbocycles. The van der Waals surface area contributed by atoms with Gasteiger partial charge < -0.3 is 9.47 Å². The predicted molar refractivity (Wildman–Crippen MR) is 37.8 cm³/mol. The van der Waals surface area contributed by atoms with Crippen LogP contribution in [-0.4, -0.2) is 18.7 Å². The summed E-state index contributed by atoms with van der Waals surface area (Å²) in [7, 11) is 0. The van der Waals surface area contributed by atoms with Gasteiger partial charge in [0.25, 0.3) is 0 Å². The maximum absolute atomic E-state index is 10.4. The molecule has 0 bridgehead atoms. The monoisotopic (exact) mass is 156 g/mol. The van der Waals surface area contributed by atoms with E-state index in [2.05, 4.69) is 22.6 Å². The van der Waals surface area contributed by atoms with E-state index in [1.807, 2.05) is 0 Å². The molecule has 0 rings (SSSR count). The molecular weight excluding hydrogens is 148 g/mol. The average molecular weight is 156 g/mol. The normalized spacial score (nSPS) is 8.00. The lowest BCUT2D eigenvalue weighted by molar-refractivity contribution is -0.134. The first-order valence-corrected chi connectivity index (χ1v) is 2.82. The smallest absolute Gasteiger partial charge is 0.430 e. The Morgan fingerprint density at radius 2 is 2.00 bits per heavy atom. The molecule has 0 heterocycles. The molecule has 4 heteroatoms. The lowest BCUT2D eigenvalue weighted by atomic mass is 10.7. The quantitative estimate of drug-likeness (QED) is 0.265. The van der Waals surface area contributed by atoms with Crippen molar-refractivity contribution in [3.63, 3.8) is 0 Å². The molecule has 4 nitrogen and oxygen atoms in total. The summed E-state index contributed by atoms with van der Waals surface area (Å²) in [6.07, 6.45) is 1.18. The summed E-state index contributed by atoms with van der Waals surface area (Å²) in [6, 6.07) is 0. The van der Waals surface area contributed by atoms with Crippen LogP contribution in [0.25, 0.3) is 0 Å². The van der Waals surface area contributed by atoms with Gasteiger partial charge in [0.2, 0.25) is 0 Å². The van der Waals surface area contributed by atoms with Crippen LogP contribution in [0.2, 0.25) is 0 Å². The van der Waals surface area contributed by atoms with Gasteiger partial charge in [-0.2, -0.15) is 0 Å². The third-order valence-electron chi connectivity index (χ3n) is 0.670. The number of hydrogen-bond acceptors (Lipinski definition) is 4. The van der Waals surface area contributed by atoms with Crippen LogP contribution in [0.3, 0.4) is 0 Å². The minimum Gasteiger partial charge on any atom is -0.430 e. The van der Waals surface area contributed by atoms with E-state index in [0.29, 0.717) is 0 Å². The maximum atomic E-state index is 10.4. The summed E-state index contributed by atoms with van der Waals surface area (Å²) in [5, 5.41) is 0. The number of hydrogen-bond donors (Lipinski definition) is 0. The second-order valence-electron chi connectivity index (χ2n) is 1.47. The molecule has 60 valence electrons. The second kappa shape index (κ2) is 5.22. The molecule has 0 aliphatic heterocycles. The third kappa shape index (κ3) is 4.90. The highest BCUT2D eigenvalue weighted by Gasteiger charge is 2.06. The molecule has 11 heavy (non-hydrogen) atoms. The van der Waals surface area contributed by atoms with Crippen molar-refractivity contribution < 1.29 is 19.1 Å². The second-order valence-corrected chi connectivity index (χ2v) is 1.47. The van der Waals surface area contributed by atoms with Crippen molar-refractivity contribution in [2.75, 3.05) is 6.61 Å². The lowest BCUT2D eigenvalue weighted by Crippen LogP contribution is -2.11. The van der Waals surface area contributed by atoms with E-state index in [0.717, 1.165) is 6.08 Å². The van der Waals surface area contributed by atoms with Gasteiger partial charge in [-0.15, -0.1) is 0 Å². The fourth-order valence-electron chi connectivity index (χ4n) is 0.280. The molecule has 0 aromatic heterocycles. The molecule has 0 aliphatic rings. The zero-order valence-corrected chi connectivity index (χ0v) is 5.91. The molecule has 0 aliphatic carbocycles. The highest BCUT2D eigenvalue weighted by Crippen LogP contribution is 1.86. The topological polar surface area (TPSA) is 52.6 Å². The Hall–Kier alpha value is -1.58. The minimum atomic E-state index is -1.05. The number of rotatable bonds is 3. The van der Waals surface area contributed by atoms with Crippen LogP contribution in [0.5, 0.6) is 0 Å². The summed E-state index contributed by atoms with van der Waals surface area (Å²) >= 11 is 0. The first kappa shape index (κ1) is 9.42. The molecule has 0 unspecified atom stereocenters. The zero-order valence-electron chi connectivity index (χ0n) is 5.91. The van der Waals surface area contributed by atoms with Gasteiger partial charge in [-0.1, -0.05) is 19.2 Å². The van der Waals surface area contributed by atoms with Crippen LogP contribution in [0.1, 0.15) is 0 Å². The van der Waals surface area contributed by atoms with E-state index < -0.39 is 12.1 Å². The SMILES string of the molecule is C=CCOC(=O)OC(=O)C=C. The third-order valence-corrected chi connectivity index (χ3v) is 0.670. The van der Waals surface area contributed by atoms with Gasteiger partial charge >= 0.3 is 12.1 Å². The standard InChI is InChI=1S/C7H8O4/c1-3-5-10-7(9)11-6(8)4-2/h3-4H,1-2,5H2. The zero-order chi connectivity index (χ0) is 8.69. The molecular formula is C7H8O4. The molecule has 0 saturated heterocycles. The van der Waals surface area contributed by atoms with E-state index in [4.69, 9.17) is 0 Å².